The van der Waals surface area contributed by atoms with Gasteiger partial charge in [-0.1, -0.05) is 78.9 Å². The van der Waals surface area contributed by atoms with Crippen molar-refractivity contribution in [2.75, 3.05) is 13.7 Å². The Morgan fingerprint density at radius 2 is 1.74 bits per heavy atom. The fourth-order valence-electron chi connectivity index (χ4n) is 8.23. The minimum absolute atomic E-state index is 0.0736. The van der Waals surface area contributed by atoms with Crippen LogP contribution in [0.25, 0.3) is 0 Å². The zero-order valence-electron chi connectivity index (χ0n) is 25.5. The third-order valence-corrected chi connectivity index (χ3v) is 10.4. The molecule has 0 aromatic heterocycles. The maximum Gasteiger partial charge on any atom is 0.166 e. The Morgan fingerprint density at radius 3 is 2.36 bits per heavy atom. The molecule has 0 saturated carbocycles. The standard InChI is InChI=1S/C37H43NO4/c1-7-36-22-30(26(3)39)35(5,40-6)34-37(36,20-21-38(27(36)4)23-28-14-10-8-11-15-28)32-25(2)18-19-31(33(32)42-34)41-24-29-16-12-9-13-17-29/h7-19,22,26-27,34,39H,1,20-21,23-24H2,2-6H3/t26-,27+,34-,35+,36?,37?/m0/s1. The molecule has 1 saturated heterocycles. The summed E-state index contributed by atoms with van der Waals surface area (Å²) in [4.78, 5) is 2.55. The summed E-state index contributed by atoms with van der Waals surface area (Å²) < 4.78 is 19.9. The van der Waals surface area contributed by atoms with Crippen LogP contribution in [0.15, 0.2) is 97.1 Å². The van der Waals surface area contributed by atoms with Crippen LogP contribution in [0.5, 0.6) is 11.5 Å². The predicted molar refractivity (Wildman–Crippen MR) is 167 cm³/mol. The normalized spacial score (nSPS) is 30.8. The number of fused-ring (bicyclic) bond motifs is 1. The summed E-state index contributed by atoms with van der Waals surface area (Å²) in [7, 11) is 1.73. The molecule has 0 amide bonds. The molecule has 1 fully saturated rings. The molecule has 0 bridgehead atoms. The lowest BCUT2D eigenvalue weighted by Crippen LogP contribution is -2.72. The molecule has 6 rings (SSSR count). The molecule has 0 radical (unpaired) electrons. The first-order valence-electron chi connectivity index (χ1n) is 15.1. The monoisotopic (exact) mass is 565 g/mol. The van der Waals surface area contributed by atoms with E-state index in [1.807, 2.05) is 31.2 Å². The Morgan fingerprint density at radius 1 is 1.07 bits per heavy atom. The first-order chi connectivity index (χ1) is 20.2. The van der Waals surface area contributed by atoms with E-state index in [4.69, 9.17) is 14.2 Å². The molecule has 5 nitrogen and oxygen atoms in total. The van der Waals surface area contributed by atoms with Crippen LogP contribution in [0.1, 0.15) is 49.4 Å². The number of aliphatic hydroxyl groups excluding tert-OH is 1. The molecule has 2 aliphatic heterocycles. The lowest BCUT2D eigenvalue weighted by Gasteiger charge is -2.63. The summed E-state index contributed by atoms with van der Waals surface area (Å²) in [6.07, 6.45) is 4.14. The summed E-state index contributed by atoms with van der Waals surface area (Å²) in [6.45, 7) is 15.0. The molecular formula is C37H43NO4. The van der Waals surface area contributed by atoms with Crippen molar-refractivity contribution in [1.29, 1.82) is 0 Å². The number of aryl methyl sites for hydroxylation is 1. The van der Waals surface area contributed by atoms with Gasteiger partial charge in [-0.3, -0.25) is 4.90 Å². The molecule has 1 N–H and O–H groups in total. The number of ether oxygens (including phenoxy) is 3. The number of aliphatic hydroxyl groups is 1. The molecule has 3 aromatic rings. The number of likely N-dealkylation sites (tertiary alicyclic amines) is 1. The molecule has 3 aromatic carbocycles. The number of benzene rings is 3. The molecule has 2 unspecified atom stereocenters. The lowest BCUT2D eigenvalue weighted by atomic mass is 9.45. The van der Waals surface area contributed by atoms with Crippen molar-refractivity contribution in [3.8, 4) is 11.5 Å². The van der Waals surface area contributed by atoms with E-state index in [0.29, 0.717) is 6.61 Å². The summed E-state index contributed by atoms with van der Waals surface area (Å²) in [5.41, 5.74) is 3.68. The highest BCUT2D eigenvalue weighted by atomic mass is 16.6. The zero-order chi connectivity index (χ0) is 29.7. The molecule has 6 atom stereocenters. The van der Waals surface area contributed by atoms with Gasteiger partial charge in [-0.2, -0.15) is 0 Å². The van der Waals surface area contributed by atoms with Gasteiger partial charge in [-0.25, -0.2) is 0 Å². The van der Waals surface area contributed by atoms with Crippen LogP contribution >= 0.6 is 0 Å². The first kappa shape index (κ1) is 28.7. The molecular weight excluding hydrogens is 522 g/mol. The van der Waals surface area contributed by atoms with Crippen LogP contribution in [-0.4, -0.2) is 47.5 Å². The topological polar surface area (TPSA) is 51.2 Å². The van der Waals surface area contributed by atoms with E-state index < -0.39 is 22.5 Å². The Hall–Kier alpha value is -3.38. The molecule has 1 aliphatic carbocycles. The van der Waals surface area contributed by atoms with E-state index in [1.165, 1.54) is 16.7 Å². The number of hydrogen-bond acceptors (Lipinski definition) is 5. The lowest BCUT2D eigenvalue weighted by molar-refractivity contribution is -0.137. The maximum absolute atomic E-state index is 11.2. The minimum Gasteiger partial charge on any atom is -0.485 e. The molecule has 2 heterocycles. The van der Waals surface area contributed by atoms with Gasteiger partial charge in [0.05, 0.1) is 11.5 Å². The summed E-state index contributed by atoms with van der Waals surface area (Å²) in [5.74, 6) is 1.52. The van der Waals surface area contributed by atoms with E-state index in [0.717, 1.165) is 42.1 Å². The number of methoxy groups -OCH3 is 1. The second-order valence-electron chi connectivity index (χ2n) is 12.4. The van der Waals surface area contributed by atoms with E-state index in [2.05, 4.69) is 92.9 Å². The number of piperidine rings is 1. The average molecular weight is 566 g/mol. The first-order valence-corrected chi connectivity index (χ1v) is 15.1. The van der Waals surface area contributed by atoms with Crippen molar-refractivity contribution in [3.63, 3.8) is 0 Å². The molecule has 42 heavy (non-hydrogen) atoms. The van der Waals surface area contributed by atoms with Crippen molar-refractivity contribution in [3.05, 3.63) is 119 Å². The van der Waals surface area contributed by atoms with Crippen LogP contribution in [0.4, 0.5) is 0 Å². The molecule has 1 spiro atoms. The minimum atomic E-state index is -0.857. The van der Waals surface area contributed by atoms with E-state index in [9.17, 15) is 5.11 Å². The Bertz CT molecular complexity index is 1480. The third-order valence-electron chi connectivity index (χ3n) is 10.4. The smallest absolute Gasteiger partial charge is 0.166 e. The number of hydrogen-bond donors (Lipinski definition) is 1. The predicted octanol–water partition coefficient (Wildman–Crippen LogP) is 6.77. The van der Waals surface area contributed by atoms with Gasteiger partial charge < -0.3 is 19.3 Å². The molecule has 3 aliphatic rings. The Labute approximate surface area is 250 Å². The van der Waals surface area contributed by atoms with Gasteiger partial charge in [-0.05, 0) is 69.0 Å². The van der Waals surface area contributed by atoms with Crippen LogP contribution < -0.4 is 9.47 Å². The Kier molecular flexibility index (Phi) is 7.33. The van der Waals surface area contributed by atoms with E-state index in [-0.39, 0.29) is 12.1 Å². The Balaban J connectivity index is 1.53. The number of nitrogens with zero attached hydrogens (tertiary/aromatic N) is 1. The second-order valence-corrected chi connectivity index (χ2v) is 12.4. The fraction of sp³-hybridized carbons (Fsp3) is 0.405. The number of rotatable bonds is 8. The summed E-state index contributed by atoms with van der Waals surface area (Å²) in [5, 5.41) is 11.2. The van der Waals surface area contributed by atoms with Gasteiger partial charge >= 0.3 is 0 Å². The second kappa shape index (κ2) is 10.7. The fourth-order valence-corrected chi connectivity index (χ4v) is 8.23. The SMILES string of the molecule is C=CC12C=C([C@H](C)O)[C@@](C)(OC)[C@@H]3Oc4c(OCc5ccccc5)ccc(C)c4C31CCN(Cc1ccccc1)[C@@H]2C. The van der Waals surface area contributed by atoms with Crippen molar-refractivity contribution in [1.82, 2.24) is 4.90 Å². The van der Waals surface area contributed by atoms with Crippen LogP contribution in [-0.2, 0) is 23.3 Å². The molecule has 5 heteroatoms. The van der Waals surface area contributed by atoms with Gasteiger partial charge in [-0.15, -0.1) is 6.58 Å². The highest BCUT2D eigenvalue weighted by Crippen LogP contribution is 2.68. The van der Waals surface area contributed by atoms with Gasteiger partial charge in [0, 0.05) is 30.7 Å². The third kappa shape index (κ3) is 4.09. The van der Waals surface area contributed by atoms with Crippen molar-refractivity contribution < 1.29 is 19.3 Å². The van der Waals surface area contributed by atoms with Gasteiger partial charge in [0.2, 0.25) is 0 Å². The van der Waals surface area contributed by atoms with Gasteiger partial charge in [0.1, 0.15) is 18.3 Å². The zero-order valence-corrected chi connectivity index (χ0v) is 25.5. The average Bonchev–Trinajstić information content (AvgIpc) is 3.37. The van der Waals surface area contributed by atoms with Crippen LogP contribution in [0.3, 0.4) is 0 Å². The highest BCUT2D eigenvalue weighted by Gasteiger charge is 2.72. The highest BCUT2D eigenvalue weighted by molar-refractivity contribution is 5.63. The quantitative estimate of drug-likeness (QED) is 0.306. The molecule has 220 valence electrons. The van der Waals surface area contributed by atoms with Crippen molar-refractivity contribution in [2.24, 2.45) is 5.41 Å². The maximum atomic E-state index is 11.2. The van der Waals surface area contributed by atoms with Crippen molar-refractivity contribution in [2.45, 2.75) is 76.5 Å². The van der Waals surface area contributed by atoms with Crippen molar-refractivity contribution >= 4 is 0 Å². The van der Waals surface area contributed by atoms with Gasteiger partial charge in [0.15, 0.2) is 11.5 Å². The summed E-state index contributed by atoms with van der Waals surface area (Å²) in [6, 6.07) is 25.1. The van der Waals surface area contributed by atoms with Crippen LogP contribution in [0, 0.1) is 12.3 Å². The van der Waals surface area contributed by atoms with E-state index in [1.54, 1.807) is 7.11 Å². The largest absolute Gasteiger partial charge is 0.485 e. The van der Waals surface area contributed by atoms with Crippen LogP contribution in [0.2, 0.25) is 0 Å². The van der Waals surface area contributed by atoms with E-state index >= 15 is 0 Å². The van der Waals surface area contributed by atoms with Gasteiger partial charge in [0.25, 0.3) is 0 Å². The summed E-state index contributed by atoms with van der Waals surface area (Å²) >= 11 is 0.